The van der Waals surface area contributed by atoms with Crippen molar-refractivity contribution < 1.29 is 27.8 Å². The molecule has 0 atom stereocenters. The maximum Gasteiger partial charge on any atom is 0.573 e. The summed E-state index contributed by atoms with van der Waals surface area (Å²) >= 11 is 5.81. The molecule has 1 aromatic carbocycles. The highest BCUT2D eigenvalue weighted by Gasteiger charge is 2.35. The van der Waals surface area contributed by atoms with Gasteiger partial charge in [0.1, 0.15) is 11.3 Å². The Morgan fingerprint density at radius 1 is 1.37 bits per heavy atom. The number of nitrogens with zero attached hydrogens (tertiary/aromatic N) is 3. The van der Waals surface area contributed by atoms with Crippen molar-refractivity contribution in [1.82, 2.24) is 14.2 Å². The van der Waals surface area contributed by atoms with E-state index in [1.165, 1.54) is 27.4 Å². The number of carboxylic acid groups (broad SMARTS) is 1. The molecule has 30 heavy (non-hydrogen) atoms. The molecule has 0 aliphatic heterocycles. The molecule has 2 heterocycles. The summed E-state index contributed by atoms with van der Waals surface area (Å²) in [6.45, 7) is 1.91. The number of ether oxygens (including phenoxy) is 1. The first-order chi connectivity index (χ1) is 14.1. The van der Waals surface area contributed by atoms with Gasteiger partial charge in [0, 0.05) is 17.7 Å². The predicted molar refractivity (Wildman–Crippen MR) is 101 cm³/mol. The Kier molecular flexibility index (Phi) is 4.76. The fraction of sp³-hybridized carbons (Fsp3) is 0.316. The van der Waals surface area contributed by atoms with Crippen molar-refractivity contribution >= 4 is 23.1 Å². The van der Waals surface area contributed by atoms with Crippen molar-refractivity contribution in [1.29, 1.82) is 0 Å². The van der Waals surface area contributed by atoms with Crippen LogP contribution in [0, 0.1) is 0 Å². The second kappa shape index (κ2) is 7.05. The zero-order chi connectivity index (χ0) is 21.8. The maximum absolute atomic E-state index is 13.2. The van der Waals surface area contributed by atoms with Gasteiger partial charge in [0.05, 0.1) is 16.9 Å². The molecule has 0 radical (unpaired) electrons. The Morgan fingerprint density at radius 3 is 2.63 bits per heavy atom. The summed E-state index contributed by atoms with van der Waals surface area (Å²) in [6.07, 6.45) is -1.97. The molecule has 11 heteroatoms. The molecule has 1 saturated carbocycles. The molecule has 158 valence electrons. The van der Waals surface area contributed by atoms with Crippen LogP contribution in [0.2, 0.25) is 5.02 Å². The number of fused-ring (bicyclic) bond motifs is 1. The van der Waals surface area contributed by atoms with Gasteiger partial charge in [0.2, 0.25) is 0 Å². The van der Waals surface area contributed by atoms with Gasteiger partial charge in [-0.3, -0.25) is 4.79 Å². The van der Waals surface area contributed by atoms with Crippen LogP contribution in [-0.2, 0) is 6.54 Å². The summed E-state index contributed by atoms with van der Waals surface area (Å²) in [5.74, 6) is -1.89. The van der Waals surface area contributed by atoms with E-state index in [0.717, 1.165) is 18.9 Å². The van der Waals surface area contributed by atoms with Crippen molar-refractivity contribution in [3.63, 3.8) is 0 Å². The van der Waals surface area contributed by atoms with Gasteiger partial charge in [0.15, 0.2) is 5.69 Å². The SMILES string of the molecule is CCn1c(-c2ccc(Cl)c(OC(F)(F)F)c2)cn2nc(C(=O)O)c(C3CC3)c2c1=O. The number of hydrogen-bond acceptors (Lipinski definition) is 4. The average Bonchev–Trinajstić information content (AvgIpc) is 3.42. The van der Waals surface area contributed by atoms with Crippen molar-refractivity contribution in [2.45, 2.75) is 38.6 Å². The highest BCUT2D eigenvalue weighted by molar-refractivity contribution is 6.32. The molecular weight excluding hydrogens is 427 g/mol. The second-order valence-corrected chi connectivity index (χ2v) is 7.30. The van der Waals surface area contributed by atoms with Crippen LogP contribution >= 0.6 is 11.6 Å². The lowest BCUT2D eigenvalue weighted by Gasteiger charge is -2.15. The summed E-state index contributed by atoms with van der Waals surface area (Å²) in [4.78, 5) is 24.8. The van der Waals surface area contributed by atoms with Crippen molar-refractivity contribution in [3.8, 4) is 17.0 Å². The topological polar surface area (TPSA) is 85.8 Å². The standard InChI is InChI=1S/C19H15ClF3N3O4/c1-2-25-12(10-5-6-11(20)13(7-10)30-19(21,22)23)8-26-16(17(25)27)14(9-3-4-9)15(24-26)18(28)29/h5-9H,2-4H2,1H3,(H,28,29). The fourth-order valence-corrected chi connectivity index (χ4v) is 3.66. The van der Waals surface area contributed by atoms with Crippen molar-refractivity contribution in [2.24, 2.45) is 0 Å². The largest absolute Gasteiger partial charge is 0.573 e. The minimum atomic E-state index is -4.94. The van der Waals surface area contributed by atoms with E-state index in [9.17, 15) is 27.9 Å². The lowest BCUT2D eigenvalue weighted by molar-refractivity contribution is -0.274. The Balaban J connectivity index is 1.96. The Morgan fingerprint density at radius 2 is 2.07 bits per heavy atom. The molecule has 0 spiro atoms. The summed E-state index contributed by atoms with van der Waals surface area (Å²) in [7, 11) is 0. The average molecular weight is 442 g/mol. The highest BCUT2D eigenvalue weighted by Crippen LogP contribution is 2.43. The number of hydrogen-bond donors (Lipinski definition) is 1. The van der Waals surface area contributed by atoms with E-state index in [2.05, 4.69) is 9.84 Å². The van der Waals surface area contributed by atoms with Crippen LogP contribution in [0.5, 0.6) is 5.75 Å². The minimum absolute atomic E-state index is 0.0419. The van der Waals surface area contributed by atoms with Crippen LogP contribution in [0.4, 0.5) is 13.2 Å². The smallest absolute Gasteiger partial charge is 0.476 e. The number of carbonyl (C=O) groups is 1. The lowest BCUT2D eigenvalue weighted by Crippen LogP contribution is -2.24. The van der Waals surface area contributed by atoms with Gasteiger partial charge in [-0.1, -0.05) is 17.7 Å². The molecule has 4 rings (SSSR count). The molecule has 3 aromatic rings. The molecule has 1 aliphatic rings. The molecule has 0 bridgehead atoms. The molecule has 0 amide bonds. The molecule has 0 saturated heterocycles. The van der Waals surface area contributed by atoms with Gasteiger partial charge >= 0.3 is 12.3 Å². The Hall–Kier alpha value is -3.01. The van der Waals surface area contributed by atoms with Gasteiger partial charge < -0.3 is 14.4 Å². The second-order valence-electron chi connectivity index (χ2n) is 6.89. The number of benzene rings is 1. The molecule has 1 fully saturated rings. The van der Waals surface area contributed by atoms with Gasteiger partial charge in [-0.25, -0.2) is 9.31 Å². The fourth-order valence-electron chi connectivity index (χ4n) is 3.50. The summed E-state index contributed by atoms with van der Waals surface area (Å²) in [5.41, 5.74) is 0.400. The minimum Gasteiger partial charge on any atom is -0.476 e. The first kappa shape index (κ1) is 20.3. The maximum atomic E-state index is 13.2. The number of alkyl halides is 3. The van der Waals surface area contributed by atoms with Gasteiger partial charge in [-0.15, -0.1) is 13.2 Å². The number of aromatic nitrogens is 3. The van der Waals surface area contributed by atoms with Gasteiger partial charge in [-0.05, 0) is 37.8 Å². The van der Waals surface area contributed by atoms with Gasteiger partial charge in [-0.2, -0.15) is 5.10 Å². The monoisotopic (exact) mass is 441 g/mol. The van der Waals surface area contributed by atoms with E-state index in [4.69, 9.17) is 11.6 Å². The molecule has 7 nitrogen and oxygen atoms in total. The normalized spacial score (nSPS) is 14.3. The molecule has 2 aromatic heterocycles. The van der Waals surface area contributed by atoms with Gasteiger partial charge in [0.25, 0.3) is 5.56 Å². The number of carboxylic acids is 1. The van der Waals surface area contributed by atoms with E-state index in [0.29, 0.717) is 5.56 Å². The van der Waals surface area contributed by atoms with Crippen LogP contribution in [0.3, 0.4) is 0 Å². The van der Waals surface area contributed by atoms with Crippen LogP contribution in [-0.4, -0.2) is 31.6 Å². The first-order valence-electron chi connectivity index (χ1n) is 9.05. The Bertz CT molecular complexity index is 1230. The Labute approximate surface area is 172 Å². The summed E-state index contributed by atoms with van der Waals surface area (Å²) in [5, 5.41) is 13.3. The first-order valence-corrected chi connectivity index (χ1v) is 9.43. The van der Waals surface area contributed by atoms with E-state index in [-0.39, 0.29) is 40.0 Å². The van der Waals surface area contributed by atoms with E-state index in [1.54, 1.807) is 6.92 Å². The summed E-state index contributed by atoms with van der Waals surface area (Å²) < 4.78 is 44.5. The quantitative estimate of drug-likeness (QED) is 0.637. The molecule has 1 aliphatic carbocycles. The number of rotatable bonds is 5. The highest BCUT2D eigenvalue weighted by atomic mass is 35.5. The molecule has 0 unspecified atom stereocenters. The third-order valence-electron chi connectivity index (χ3n) is 4.89. The van der Waals surface area contributed by atoms with Crippen molar-refractivity contribution in [3.05, 3.63) is 51.0 Å². The van der Waals surface area contributed by atoms with Crippen LogP contribution in [0.1, 0.15) is 41.7 Å². The molecule has 1 N–H and O–H groups in total. The number of halogens is 4. The third-order valence-corrected chi connectivity index (χ3v) is 5.20. The van der Waals surface area contributed by atoms with E-state index < -0.39 is 23.6 Å². The van der Waals surface area contributed by atoms with E-state index in [1.807, 2.05) is 0 Å². The zero-order valence-corrected chi connectivity index (χ0v) is 16.3. The zero-order valence-electron chi connectivity index (χ0n) is 15.5. The molecular formula is C19H15ClF3N3O4. The van der Waals surface area contributed by atoms with Crippen LogP contribution in [0.15, 0.2) is 29.2 Å². The van der Waals surface area contributed by atoms with Crippen LogP contribution < -0.4 is 10.3 Å². The predicted octanol–water partition coefficient (Wildman–Crippen LogP) is 4.31. The van der Waals surface area contributed by atoms with Crippen LogP contribution in [0.25, 0.3) is 16.8 Å². The lowest BCUT2D eigenvalue weighted by atomic mass is 10.1. The number of aromatic carboxylic acids is 1. The van der Waals surface area contributed by atoms with E-state index >= 15 is 0 Å². The summed E-state index contributed by atoms with van der Waals surface area (Å²) in [6, 6.07) is 3.75. The van der Waals surface area contributed by atoms with Crippen molar-refractivity contribution in [2.75, 3.05) is 0 Å². The third kappa shape index (κ3) is 3.51.